The van der Waals surface area contributed by atoms with Gasteiger partial charge < -0.3 is 19.9 Å². The molecule has 1 amide bonds. The summed E-state index contributed by atoms with van der Waals surface area (Å²) in [7, 11) is 1.49. The number of Topliss-reactive ketones (excluding diaryl/α,β-unsaturated/α-hetero) is 1. The van der Waals surface area contributed by atoms with E-state index in [1.54, 1.807) is 42.5 Å². The Bertz CT molecular complexity index is 1410. The van der Waals surface area contributed by atoms with Crippen molar-refractivity contribution in [2.45, 2.75) is 6.04 Å². The van der Waals surface area contributed by atoms with Crippen molar-refractivity contribution in [3.63, 3.8) is 0 Å². The van der Waals surface area contributed by atoms with Crippen molar-refractivity contribution in [1.29, 1.82) is 0 Å². The van der Waals surface area contributed by atoms with Crippen molar-refractivity contribution >= 4 is 34.4 Å². The van der Waals surface area contributed by atoms with Gasteiger partial charge in [-0.2, -0.15) is 0 Å². The summed E-state index contributed by atoms with van der Waals surface area (Å²) >= 11 is 0. The van der Waals surface area contributed by atoms with Crippen LogP contribution in [0, 0.1) is 0 Å². The third-order valence-corrected chi connectivity index (χ3v) is 5.58. The number of para-hydroxylation sites is 2. The van der Waals surface area contributed by atoms with E-state index in [0.717, 1.165) is 0 Å². The number of hydrogen-bond acceptors (Lipinski definition) is 6. The van der Waals surface area contributed by atoms with Crippen LogP contribution < -0.4 is 9.64 Å². The van der Waals surface area contributed by atoms with Gasteiger partial charge in [-0.05, 0) is 42.0 Å². The van der Waals surface area contributed by atoms with Crippen LogP contribution in [0.15, 0.2) is 78.4 Å². The zero-order valence-electron chi connectivity index (χ0n) is 17.5. The molecule has 8 nitrogen and oxygen atoms in total. The highest BCUT2D eigenvalue weighted by atomic mass is 16.5. The first-order valence-electron chi connectivity index (χ1n) is 10.2. The molecule has 3 N–H and O–H groups in total. The maximum atomic E-state index is 13.2. The molecule has 0 bridgehead atoms. The molecule has 164 valence electrons. The van der Waals surface area contributed by atoms with E-state index < -0.39 is 17.7 Å². The largest absolute Gasteiger partial charge is 0.508 e. The Morgan fingerprint density at radius 2 is 1.82 bits per heavy atom. The molecule has 0 aliphatic carbocycles. The Labute approximate surface area is 188 Å². The smallest absolute Gasteiger partial charge is 0.302 e. The topological polar surface area (TPSA) is 116 Å². The summed E-state index contributed by atoms with van der Waals surface area (Å²) in [5.41, 5.74) is 1.97. The molecule has 1 saturated heterocycles. The number of carbonyl (C=O) groups is 2. The number of carbonyl (C=O) groups excluding carboxylic acids is 2. The number of anilines is 1. The van der Waals surface area contributed by atoms with Crippen LogP contribution in [0.2, 0.25) is 0 Å². The van der Waals surface area contributed by atoms with Crippen LogP contribution in [0.3, 0.4) is 0 Å². The maximum Gasteiger partial charge on any atom is 0.302 e. The van der Waals surface area contributed by atoms with Crippen LogP contribution in [-0.4, -0.2) is 39.0 Å². The average molecular weight is 441 g/mol. The second kappa shape index (κ2) is 7.83. The molecular weight excluding hydrogens is 422 g/mol. The first-order chi connectivity index (χ1) is 16.0. The second-order valence-corrected chi connectivity index (χ2v) is 7.57. The van der Waals surface area contributed by atoms with Gasteiger partial charge in [0, 0.05) is 5.56 Å². The van der Waals surface area contributed by atoms with Crippen molar-refractivity contribution in [2.24, 2.45) is 0 Å². The van der Waals surface area contributed by atoms with Crippen LogP contribution in [0.1, 0.15) is 17.2 Å². The van der Waals surface area contributed by atoms with E-state index in [9.17, 15) is 19.8 Å². The van der Waals surface area contributed by atoms with Crippen LogP contribution in [0.25, 0.3) is 16.8 Å². The van der Waals surface area contributed by atoms with E-state index in [0.29, 0.717) is 27.9 Å². The first-order valence-corrected chi connectivity index (χ1v) is 10.2. The maximum absolute atomic E-state index is 13.2. The monoisotopic (exact) mass is 441 g/mol. The number of phenolic OH excluding ortho intramolecular Hbond substituents is 1. The third-order valence-electron chi connectivity index (χ3n) is 5.58. The van der Waals surface area contributed by atoms with Crippen molar-refractivity contribution in [2.75, 3.05) is 12.0 Å². The number of imidazole rings is 1. The molecule has 5 rings (SSSR count). The van der Waals surface area contributed by atoms with Crippen LogP contribution in [0.4, 0.5) is 5.95 Å². The zero-order valence-corrected chi connectivity index (χ0v) is 17.5. The number of aromatic amines is 1. The van der Waals surface area contributed by atoms with Crippen LogP contribution in [-0.2, 0) is 9.59 Å². The number of aromatic hydroxyl groups is 1. The molecule has 0 radical (unpaired) electrons. The van der Waals surface area contributed by atoms with Gasteiger partial charge in [-0.25, -0.2) is 4.98 Å². The lowest BCUT2D eigenvalue weighted by Crippen LogP contribution is -2.30. The number of rotatable bonds is 4. The number of H-pyrrole nitrogens is 1. The molecule has 0 saturated carbocycles. The van der Waals surface area contributed by atoms with Crippen molar-refractivity contribution in [3.8, 4) is 11.5 Å². The predicted molar refractivity (Wildman–Crippen MR) is 122 cm³/mol. The van der Waals surface area contributed by atoms with Gasteiger partial charge in [0.25, 0.3) is 5.78 Å². The SMILES string of the molecule is COc1cccc(/C(O)=C2\C(=O)C(=O)N(c3nc4ccccc4[nH]3)C2c2cccc(O)c2)c1. The Hall–Kier alpha value is -4.59. The number of hydrogen-bond donors (Lipinski definition) is 3. The number of nitrogens with zero attached hydrogens (tertiary/aromatic N) is 2. The summed E-state index contributed by atoms with van der Waals surface area (Å²) in [6, 6.07) is 19.0. The highest BCUT2D eigenvalue weighted by Gasteiger charge is 2.48. The number of phenols is 1. The van der Waals surface area contributed by atoms with Crippen molar-refractivity contribution in [3.05, 3.63) is 89.5 Å². The van der Waals surface area contributed by atoms with E-state index in [1.807, 2.05) is 18.2 Å². The summed E-state index contributed by atoms with van der Waals surface area (Å²) in [5.74, 6) is -1.44. The number of amides is 1. The number of fused-ring (bicyclic) bond motifs is 1. The molecule has 33 heavy (non-hydrogen) atoms. The molecule has 3 aromatic carbocycles. The second-order valence-electron chi connectivity index (χ2n) is 7.57. The molecule has 1 fully saturated rings. The lowest BCUT2D eigenvalue weighted by atomic mass is 9.95. The number of nitrogens with one attached hydrogen (secondary N) is 1. The molecule has 1 atom stereocenters. The van der Waals surface area contributed by atoms with Gasteiger partial charge in [0.05, 0.1) is 29.8 Å². The molecule has 1 unspecified atom stereocenters. The average Bonchev–Trinajstić information content (AvgIpc) is 3.37. The standard InChI is InChI=1S/C25H19N3O5/c1-33-17-9-5-7-15(13-17)22(30)20-21(14-6-4-8-16(29)12-14)28(24(32)23(20)31)25-26-18-10-2-3-11-19(18)27-25/h2-13,21,29-30H,1H3,(H,26,27)/b22-20+. The molecule has 4 aromatic rings. The van der Waals surface area contributed by atoms with Crippen molar-refractivity contribution < 1.29 is 24.5 Å². The Kier molecular flexibility index (Phi) is 4.82. The fourth-order valence-corrected chi connectivity index (χ4v) is 4.04. The number of benzene rings is 3. The molecule has 8 heteroatoms. The number of ether oxygens (including phenoxy) is 1. The Morgan fingerprint density at radius 3 is 2.58 bits per heavy atom. The number of aromatic nitrogens is 2. The number of methoxy groups -OCH3 is 1. The van der Waals surface area contributed by atoms with E-state index in [-0.39, 0.29) is 23.0 Å². The highest BCUT2D eigenvalue weighted by Crippen LogP contribution is 2.42. The summed E-state index contributed by atoms with van der Waals surface area (Å²) in [4.78, 5) is 35.2. The lowest BCUT2D eigenvalue weighted by molar-refractivity contribution is -0.132. The third kappa shape index (κ3) is 3.38. The fraction of sp³-hybridized carbons (Fsp3) is 0.0800. The number of aliphatic hydroxyl groups is 1. The van der Waals surface area contributed by atoms with Gasteiger partial charge >= 0.3 is 5.91 Å². The Balaban J connectivity index is 1.74. The van der Waals surface area contributed by atoms with E-state index in [1.165, 1.54) is 24.1 Å². The van der Waals surface area contributed by atoms with Gasteiger partial charge in [-0.1, -0.05) is 36.4 Å². The highest BCUT2D eigenvalue weighted by molar-refractivity contribution is 6.51. The quantitative estimate of drug-likeness (QED) is 0.251. The van der Waals surface area contributed by atoms with Crippen LogP contribution >= 0.6 is 0 Å². The minimum atomic E-state index is -1.01. The lowest BCUT2D eigenvalue weighted by Gasteiger charge is -2.23. The molecule has 1 aliphatic rings. The molecule has 1 aliphatic heterocycles. The molecular formula is C25H19N3O5. The molecule has 0 spiro atoms. The van der Waals surface area contributed by atoms with E-state index in [4.69, 9.17) is 4.74 Å². The number of aliphatic hydroxyl groups excluding tert-OH is 1. The fourth-order valence-electron chi connectivity index (χ4n) is 4.04. The van der Waals surface area contributed by atoms with Crippen LogP contribution in [0.5, 0.6) is 11.5 Å². The predicted octanol–water partition coefficient (Wildman–Crippen LogP) is 3.90. The summed E-state index contributed by atoms with van der Waals surface area (Å²) in [6.07, 6.45) is 0. The van der Waals surface area contributed by atoms with Gasteiger partial charge in [0.2, 0.25) is 5.95 Å². The first kappa shape index (κ1) is 20.3. The number of ketones is 1. The summed E-state index contributed by atoms with van der Waals surface area (Å²) in [6.45, 7) is 0. The molecule has 1 aromatic heterocycles. The minimum absolute atomic E-state index is 0.0379. The molecule has 2 heterocycles. The van der Waals surface area contributed by atoms with E-state index in [2.05, 4.69) is 9.97 Å². The summed E-state index contributed by atoms with van der Waals surface area (Å²) in [5, 5.41) is 21.2. The minimum Gasteiger partial charge on any atom is -0.508 e. The van der Waals surface area contributed by atoms with Gasteiger partial charge in [0.15, 0.2) is 0 Å². The van der Waals surface area contributed by atoms with Gasteiger partial charge in [-0.3, -0.25) is 14.5 Å². The Morgan fingerprint density at radius 1 is 1.03 bits per heavy atom. The zero-order chi connectivity index (χ0) is 23.1. The van der Waals surface area contributed by atoms with Gasteiger partial charge in [-0.15, -0.1) is 0 Å². The van der Waals surface area contributed by atoms with E-state index >= 15 is 0 Å². The van der Waals surface area contributed by atoms with Gasteiger partial charge in [0.1, 0.15) is 17.3 Å². The summed E-state index contributed by atoms with van der Waals surface area (Å²) < 4.78 is 5.22. The normalized spacial score (nSPS) is 17.6. The van der Waals surface area contributed by atoms with Crippen molar-refractivity contribution in [1.82, 2.24) is 9.97 Å².